The van der Waals surface area contributed by atoms with Crippen LogP contribution in [0.1, 0.15) is 36.8 Å². The number of hydrogen-bond donors (Lipinski definition) is 5. The first-order chi connectivity index (χ1) is 19.8. The summed E-state index contributed by atoms with van der Waals surface area (Å²) < 4.78 is 32.3. The smallest absolute Gasteiger partial charge is 0.305 e. The summed E-state index contributed by atoms with van der Waals surface area (Å²) in [5, 5.41) is 16.1. The van der Waals surface area contributed by atoms with Gasteiger partial charge in [0.05, 0.1) is 19.1 Å². The minimum Gasteiger partial charge on any atom is -0.469 e. The fourth-order valence-electron chi connectivity index (χ4n) is 3.61. The summed E-state index contributed by atoms with van der Waals surface area (Å²) in [6.45, 7) is 2.14. The molecular weight excluding hydrogens is 586 g/mol. The zero-order valence-corrected chi connectivity index (χ0v) is 25.1. The highest BCUT2D eigenvalue weighted by atomic mass is 32.2. The number of nitrogens with two attached hydrogens (primary N) is 1. The fourth-order valence-corrected chi connectivity index (χ4v) is 4.39. The lowest BCUT2D eigenvalue weighted by molar-refractivity contribution is -0.142. The predicted octanol–water partition coefficient (Wildman–Crippen LogP) is 1.01. The average Bonchev–Trinajstić information content (AvgIpc) is 2.96. The van der Waals surface area contributed by atoms with Crippen LogP contribution in [0.3, 0.4) is 0 Å². The summed E-state index contributed by atoms with van der Waals surface area (Å²) in [5.41, 5.74) is 2.31. The summed E-state index contributed by atoms with van der Waals surface area (Å²) in [5.74, 6) is -2.30. The minimum absolute atomic E-state index is 0.0155. The monoisotopic (exact) mass is 621 g/mol. The van der Waals surface area contributed by atoms with Gasteiger partial charge < -0.3 is 30.7 Å². The third-order valence-corrected chi connectivity index (χ3v) is 7.16. The summed E-state index contributed by atoms with van der Waals surface area (Å²) in [7, 11) is -1.45. The second kappa shape index (κ2) is 16.4. The fraction of sp³-hybridized carbons (Fsp3) is 0.370. The first kappa shape index (κ1) is 34.1. The number of nitrogens with one attached hydrogen (secondary N) is 4. The zero-order valence-electron chi connectivity index (χ0n) is 23.5. The number of sulfonamides is 1. The van der Waals surface area contributed by atoms with E-state index in [4.69, 9.17) is 17.4 Å². The lowest BCUT2D eigenvalue weighted by Gasteiger charge is -2.24. The van der Waals surface area contributed by atoms with Gasteiger partial charge in [0.15, 0.2) is 5.11 Å². The normalized spacial score (nSPS) is 12.3. The van der Waals surface area contributed by atoms with Gasteiger partial charge in [-0.1, -0.05) is 29.8 Å². The van der Waals surface area contributed by atoms with E-state index in [-0.39, 0.29) is 42.2 Å². The summed E-state index contributed by atoms with van der Waals surface area (Å²) >= 11 is 5.32. The topological polar surface area (TPSA) is 195 Å². The molecule has 6 N–H and O–H groups in total. The lowest BCUT2D eigenvalue weighted by atomic mass is 10.1. The van der Waals surface area contributed by atoms with Crippen molar-refractivity contribution in [2.75, 3.05) is 19.5 Å². The molecule has 0 heterocycles. The highest BCUT2D eigenvalue weighted by Crippen LogP contribution is 2.13. The Balaban J connectivity index is 2.15. The molecule has 0 aromatic heterocycles. The highest BCUT2D eigenvalue weighted by Gasteiger charge is 2.27. The third kappa shape index (κ3) is 11.8. The molecule has 0 bridgehead atoms. The van der Waals surface area contributed by atoms with Gasteiger partial charge >= 0.3 is 11.9 Å². The van der Waals surface area contributed by atoms with Crippen molar-refractivity contribution in [3.8, 4) is 0 Å². The van der Waals surface area contributed by atoms with Crippen molar-refractivity contribution in [3.63, 3.8) is 0 Å². The van der Waals surface area contributed by atoms with Crippen molar-refractivity contribution in [1.29, 1.82) is 0 Å². The average molecular weight is 622 g/mol. The van der Waals surface area contributed by atoms with Crippen molar-refractivity contribution < 1.29 is 37.1 Å². The van der Waals surface area contributed by atoms with Crippen LogP contribution >= 0.6 is 12.2 Å². The number of rotatable bonds is 14. The van der Waals surface area contributed by atoms with E-state index in [1.165, 1.54) is 38.5 Å². The molecular formula is C27H35N5O8S2. The summed E-state index contributed by atoms with van der Waals surface area (Å²) in [6, 6.07) is 10.8. The number of primary sulfonamides is 1. The number of aryl methyl sites for hydroxylation is 1. The van der Waals surface area contributed by atoms with Gasteiger partial charge in [0.25, 0.3) is 0 Å². The predicted molar refractivity (Wildman–Crippen MR) is 158 cm³/mol. The number of amides is 2. The van der Waals surface area contributed by atoms with Gasteiger partial charge in [0.1, 0.15) is 12.1 Å². The van der Waals surface area contributed by atoms with E-state index in [1.807, 2.05) is 31.2 Å². The number of carbonyl (C=O) groups excluding carboxylic acids is 4. The van der Waals surface area contributed by atoms with Gasteiger partial charge in [-0.3, -0.25) is 19.2 Å². The van der Waals surface area contributed by atoms with E-state index in [0.29, 0.717) is 5.69 Å². The Morgan fingerprint density at radius 3 is 1.86 bits per heavy atom. The molecule has 0 spiro atoms. The Labute approximate surface area is 249 Å². The number of ether oxygens (including phenoxy) is 2. The Hall–Kier alpha value is -4.08. The van der Waals surface area contributed by atoms with Crippen molar-refractivity contribution in [2.45, 2.75) is 56.1 Å². The third-order valence-electron chi connectivity index (χ3n) is 6.01. The van der Waals surface area contributed by atoms with Crippen molar-refractivity contribution in [1.82, 2.24) is 16.0 Å². The molecule has 2 unspecified atom stereocenters. The molecule has 0 aliphatic rings. The standard InChI is InChI=1S/C27H35N5O8S2/c1-17-4-6-18(7-5-17)16-29-25(35)21(12-14-23(33)39-2)31-26(36)22(13-15-24(34)40-3)32-27(41)30-19-8-10-20(11-9-19)42(28,37)38/h4-11,21-22H,12-16H2,1-3H3,(H,29,35)(H,31,36)(H2,28,37,38)(H2,30,32,41). The molecule has 2 amide bonds. The maximum absolute atomic E-state index is 13.3. The molecule has 15 heteroatoms. The second-order valence-electron chi connectivity index (χ2n) is 9.21. The molecule has 0 saturated carbocycles. The van der Waals surface area contributed by atoms with Crippen LogP contribution in [-0.4, -0.2) is 63.6 Å². The van der Waals surface area contributed by atoms with E-state index in [0.717, 1.165) is 11.1 Å². The summed E-state index contributed by atoms with van der Waals surface area (Å²) in [6.07, 6.45) is -0.353. The molecule has 0 radical (unpaired) electrons. The molecule has 0 aliphatic carbocycles. The highest BCUT2D eigenvalue weighted by molar-refractivity contribution is 7.89. The first-order valence-corrected chi connectivity index (χ1v) is 14.8. The quantitative estimate of drug-likeness (QED) is 0.149. The minimum atomic E-state index is -3.88. The van der Waals surface area contributed by atoms with Crippen LogP contribution in [0.5, 0.6) is 0 Å². The van der Waals surface area contributed by atoms with Crippen LogP contribution in [0.25, 0.3) is 0 Å². The van der Waals surface area contributed by atoms with Crippen LogP contribution in [0.2, 0.25) is 0 Å². The van der Waals surface area contributed by atoms with E-state index >= 15 is 0 Å². The maximum atomic E-state index is 13.3. The molecule has 2 atom stereocenters. The van der Waals surface area contributed by atoms with E-state index in [2.05, 4.69) is 30.7 Å². The Bertz CT molecular complexity index is 1370. The largest absolute Gasteiger partial charge is 0.469 e. The zero-order chi connectivity index (χ0) is 31.3. The summed E-state index contributed by atoms with van der Waals surface area (Å²) in [4.78, 5) is 49.9. The molecule has 42 heavy (non-hydrogen) atoms. The molecule has 0 saturated heterocycles. The van der Waals surface area contributed by atoms with Crippen LogP contribution in [0.15, 0.2) is 53.4 Å². The van der Waals surface area contributed by atoms with Crippen LogP contribution in [-0.2, 0) is 45.2 Å². The van der Waals surface area contributed by atoms with E-state index in [1.54, 1.807) is 0 Å². The van der Waals surface area contributed by atoms with Crippen LogP contribution < -0.4 is 26.4 Å². The Morgan fingerprint density at radius 1 is 0.833 bits per heavy atom. The number of benzene rings is 2. The molecule has 2 rings (SSSR count). The molecule has 0 fully saturated rings. The van der Waals surface area contributed by atoms with E-state index < -0.39 is 45.9 Å². The molecule has 2 aromatic carbocycles. The van der Waals surface area contributed by atoms with Crippen LogP contribution in [0.4, 0.5) is 5.69 Å². The van der Waals surface area contributed by atoms with Crippen molar-refractivity contribution in [3.05, 3.63) is 59.7 Å². The van der Waals surface area contributed by atoms with Crippen molar-refractivity contribution in [2.24, 2.45) is 5.14 Å². The number of hydrogen-bond acceptors (Lipinski definition) is 9. The first-order valence-electron chi connectivity index (χ1n) is 12.8. The van der Waals surface area contributed by atoms with Gasteiger partial charge in [-0.25, -0.2) is 13.6 Å². The van der Waals surface area contributed by atoms with Gasteiger partial charge in [0, 0.05) is 25.1 Å². The van der Waals surface area contributed by atoms with Gasteiger partial charge in [-0.05, 0) is 61.8 Å². The van der Waals surface area contributed by atoms with Crippen molar-refractivity contribution >= 4 is 56.8 Å². The number of thiocarbonyl (C=S) groups is 1. The van der Waals surface area contributed by atoms with Gasteiger partial charge in [-0.15, -0.1) is 0 Å². The SMILES string of the molecule is COC(=O)CCC(NC(=O)C(CCC(=O)OC)NC(=S)Nc1ccc(S(N)(=O)=O)cc1)C(=O)NCc1ccc(C)cc1. The van der Waals surface area contributed by atoms with Crippen LogP contribution in [0, 0.1) is 6.92 Å². The number of esters is 2. The molecule has 2 aromatic rings. The number of methoxy groups -OCH3 is 2. The van der Waals surface area contributed by atoms with Gasteiger partial charge in [-0.2, -0.15) is 0 Å². The molecule has 228 valence electrons. The maximum Gasteiger partial charge on any atom is 0.305 e. The number of anilines is 1. The van der Waals surface area contributed by atoms with E-state index in [9.17, 15) is 27.6 Å². The lowest BCUT2D eigenvalue weighted by Crippen LogP contribution is -2.54. The Morgan fingerprint density at radius 2 is 1.36 bits per heavy atom. The second-order valence-corrected chi connectivity index (χ2v) is 11.2. The number of carbonyl (C=O) groups is 4. The molecule has 13 nitrogen and oxygen atoms in total. The Kier molecular flexibility index (Phi) is 13.3. The van der Waals surface area contributed by atoms with Gasteiger partial charge in [0.2, 0.25) is 21.8 Å². The molecule has 0 aliphatic heterocycles.